The molecule has 24 heavy (non-hydrogen) atoms. The van der Waals surface area contributed by atoms with Gasteiger partial charge < -0.3 is 11.1 Å². The van der Waals surface area contributed by atoms with E-state index in [1.807, 2.05) is 20.8 Å². The van der Waals surface area contributed by atoms with Gasteiger partial charge in [0.1, 0.15) is 5.78 Å². The van der Waals surface area contributed by atoms with Crippen LogP contribution in [0.4, 0.5) is 0 Å². The lowest BCUT2D eigenvalue weighted by atomic mass is 9.77. The van der Waals surface area contributed by atoms with Gasteiger partial charge in [0.15, 0.2) is 5.78 Å². The standard InChI is InChI=1S/C20H40N2O2/c1-14(2)17(22-20(6,7)8)16(23)13-15(11-9-10-12-21)18(24)19(3,4)5/h14-15,17,22H,9-13,21H2,1-8H3/t15-,17+/m1/s1. The van der Waals surface area contributed by atoms with E-state index in [4.69, 9.17) is 5.73 Å². The maximum absolute atomic E-state index is 12.9. The second-order valence-corrected chi connectivity index (χ2v) is 9.38. The van der Waals surface area contributed by atoms with Crippen LogP contribution in [0.25, 0.3) is 0 Å². The molecule has 0 fully saturated rings. The summed E-state index contributed by atoms with van der Waals surface area (Å²) in [4.78, 5) is 25.7. The first-order valence-electron chi connectivity index (χ1n) is 9.34. The van der Waals surface area contributed by atoms with Gasteiger partial charge in [-0.25, -0.2) is 0 Å². The van der Waals surface area contributed by atoms with Gasteiger partial charge >= 0.3 is 0 Å². The SMILES string of the molecule is CC(C)[C@H](NC(C)(C)C)C(=O)C[C@@H](CCCCN)C(=O)C(C)(C)C. The molecule has 3 N–H and O–H groups in total. The molecule has 2 atom stereocenters. The molecule has 0 aromatic carbocycles. The highest BCUT2D eigenvalue weighted by Crippen LogP contribution is 2.27. The third kappa shape index (κ3) is 8.93. The number of rotatable bonds is 10. The molecule has 0 aliphatic rings. The molecule has 4 nitrogen and oxygen atoms in total. The summed E-state index contributed by atoms with van der Waals surface area (Å²) in [7, 11) is 0. The fourth-order valence-electron chi connectivity index (χ4n) is 2.93. The van der Waals surface area contributed by atoms with Crippen molar-refractivity contribution in [1.82, 2.24) is 5.32 Å². The summed E-state index contributed by atoms with van der Waals surface area (Å²) in [5.74, 6) is 0.333. The van der Waals surface area contributed by atoms with E-state index in [1.54, 1.807) is 0 Å². The van der Waals surface area contributed by atoms with E-state index in [9.17, 15) is 9.59 Å². The molecule has 0 saturated carbocycles. The van der Waals surface area contributed by atoms with E-state index in [1.165, 1.54) is 0 Å². The van der Waals surface area contributed by atoms with Crippen molar-refractivity contribution in [2.45, 2.75) is 92.7 Å². The van der Waals surface area contributed by atoms with Crippen molar-refractivity contribution in [3.05, 3.63) is 0 Å². The molecule has 0 amide bonds. The second kappa shape index (κ2) is 9.67. The van der Waals surface area contributed by atoms with E-state index in [0.29, 0.717) is 13.0 Å². The van der Waals surface area contributed by atoms with Crippen LogP contribution in [0.3, 0.4) is 0 Å². The van der Waals surface area contributed by atoms with Crippen LogP contribution in [0.15, 0.2) is 0 Å². The van der Waals surface area contributed by atoms with Crippen LogP contribution < -0.4 is 11.1 Å². The molecule has 0 spiro atoms. The topological polar surface area (TPSA) is 72.2 Å². The first-order chi connectivity index (χ1) is 10.8. The Labute approximate surface area is 149 Å². The molecule has 142 valence electrons. The molecular weight excluding hydrogens is 300 g/mol. The molecule has 0 aromatic heterocycles. The van der Waals surface area contributed by atoms with E-state index >= 15 is 0 Å². The van der Waals surface area contributed by atoms with Crippen molar-refractivity contribution in [3.63, 3.8) is 0 Å². The summed E-state index contributed by atoms with van der Waals surface area (Å²) in [6, 6.07) is -0.213. The predicted octanol–water partition coefficient (Wildman–Crippen LogP) is 3.72. The van der Waals surface area contributed by atoms with Gasteiger partial charge in [0, 0.05) is 23.3 Å². The minimum absolute atomic E-state index is 0.131. The molecule has 0 aliphatic carbocycles. The highest BCUT2D eigenvalue weighted by Gasteiger charge is 2.34. The van der Waals surface area contributed by atoms with Crippen molar-refractivity contribution in [2.24, 2.45) is 23.0 Å². The molecule has 0 saturated heterocycles. The molecule has 0 radical (unpaired) electrons. The van der Waals surface area contributed by atoms with Crippen molar-refractivity contribution >= 4 is 11.6 Å². The molecular formula is C20H40N2O2. The monoisotopic (exact) mass is 340 g/mol. The van der Waals surface area contributed by atoms with E-state index in [2.05, 4.69) is 39.9 Å². The maximum Gasteiger partial charge on any atom is 0.150 e. The second-order valence-electron chi connectivity index (χ2n) is 9.38. The van der Waals surface area contributed by atoms with Crippen LogP contribution in [0.1, 0.15) is 81.1 Å². The van der Waals surface area contributed by atoms with Crippen LogP contribution in [0.5, 0.6) is 0 Å². The Balaban J connectivity index is 5.14. The summed E-state index contributed by atoms with van der Waals surface area (Å²) in [5, 5.41) is 3.42. The van der Waals surface area contributed by atoms with Crippen molar-refractivity contribution in [2.75, 3.05) is 6.54 Å². The Kier molecular flexibility index (Phi) is 9.37. The zero-order chi connectivity index (χ0) is 19.1. The molecule has 0 heterocycles. The quantitative estimate of drug-likeness (QED) is 0.595. The molecule has 0 unspecified atom stereocenters. The van der Waals surface area contributed by atoms with Crippen LogP contribution >= 0.6 is 0 Å². The van der Waals surface area contributed by atoms with Crippen molar-refractivity contribution in [3.8, 4) is 0 Å². The van der Waals surface area contributed by atoms with Gasteiger partial charge in [-0.1, -0.05) is 41.0 Å². The Morgan fingerprint density at radius 3 is 1.92 bits per heavy atom. The number of nitrogens with two attached hydrogens (primary N) is 1. The Bertz CT molecular complexity index is 403. The van der Waals surface area contributed by atoms with Crippen LogP contribution in [0, 0.1) is 17.3 Å². The lowest BCUT2D eigenvalue weighted by Gasteiger charge is -2.32. The Hall–Kier alpha value is -0.740. The Morgan fingerprint density at radius 2 is 1.54 bits per heavy atom. The van der Waals surface area contributed by atoms with Crippen LogP contribution in [-0.2, 0) is 9.59 Å². The lowest BCUT2D eigenvalue weighted by molar-refractivity contribution is -0.134. The normalized spacial score (nSPS) is 15.4. The number of hydrogen-bond acceptors (Lipinski definition) is 4. The lowest BCUT2D eigenvalue weighted by Crippen LogP contribution is -2.51. The van der Waals surface area contributed by atoms with Crippen molar-refractivity contribution < 1.29 is 9.59 Å². The number of carbonyl (C=O) groups excluding carboxylic acids is 2. The third-order valence-electron chi connectivity index (χ3n) is 4.17. The Morgan fingerprint density at radius 1 is 1.00 bits per heavy atom. The van der Waals surface area contributed by atoms with Crippen LogP contribution in [0.2, 0.25) is 0 Å². The van der Waals surface area contributed by atoms with E-state index in [0.717, 1.165) is 19.3 Å². The zero-order valence-corrected chi connectivity index (χ0v) is 17.2. The number of unbranched alkanes of at least 4 members (excludes halogenated alkanes) is 1. The highest BCUT2D eigenvalue weighted by molar-refractivity contribution is 5.92. The third-order valence-corrected chi connectivity index (χ3v) is 4.17. The zero-order valence-electron chi connectivity index (χ0n) is 17.2. The van der Waals surface area contributed by atoms with Gasteiger partial charge in [-0.05, 0) is 46.1 Å². The number of ketones is 2. The molecule has 0 aromatic rings. The summed E-state index contributed by atoms with van der Waals surface area (Å²) < 4.78 is 0. The summed E-state index contributed by atoms with van der Waals surface area (Å²) >= 11 is 0. The number of Topliss-reactive ketones (excluding diaryl/α,β-unsaturated/α-hetero) is 2. The van der Waals surface area contributed by atoms with E-state index in [-0.39, 0.29) is 35.0 Å². The predicted molar refractivity (Wildman–Crippen MR) is 102 cm³/mol. The summed E-state index contributed by atoms with van der Waals surface area (Å²) in [5.41, 5.74) is 5.02. The fourth-order valence-corrected chi connectivity index (χ4v) is 2.93. The summed E-state index contributed by atoms with van der Waals surface area (Å²) in [6.45, 7) is 16.7. The van der Waals surface area contributed by atoms with Gasteiger partial charge in [-0.3, -0.25) is 9.59 Å². The van der Waals surface area contributed by atoms with Crippen LogP contribution in [-0.4, -0.2) is 29.7 Å². The van der Waals surface area contributed by atoms with Gasteiger partial charge in [0.25, 0.3) is 0 Å². The minimum atomic E-state index is -0.418. The molecule has 4 heteroatoms. The minimum Gasteiger partial charge on any atom is -0.330 e. The van der Waals surface area contributed by atoms with Gasteiger partial charge in [-0.15, -0.1) is 0 Å². The molecule has 0 bridgehead atoms. The first kappa shape index (κ1) is 23.3. The molecule has 0 rings (SSSR count). The number of nitrogens with one attached hydrogen (secondary N) is 1. The highest BCUT2D eigenvalue weighted by atomic mass is 16.1. The van der Waals surface area contributed by atoms with Gasteiger partial charge in [-0.2, -0.15) is 0 Å². The van der Waals surface area contributed by atoms with Gasteiger partial charge in [0.2, 0.25) is 0 Å². The largest absolute Gasteiger partial charge is 0.330 e. The van der Waals surface area contributed by atoms with E-state index < -0.39 is 5.41 Å². The fraction of sp³-hybridized carbons (Fsp3) is 0.900. The number of hydrogen-bond donors (Lipinski definition) is 2. The van der Waals surface area contributed by atoms with Crippen molar-refractivity contribution in [1.29, 1.82) is 0 Å². The first-order valence-corrected chi connectivity index (χ1v) is 9.34. The number of carbonyl (C=O) groups is 2. The molecule has 0 aliphatic heterocycles. The summed E-state index contributed by atoms with van der Waals surface area (Å²) in [6.07, 6.45) is 2.87. The maximum atomic E-state index is 12.9. The smallest absolute Gasteiger partial charge is 0.150 e. The average Bonchev–Trinajstić information content (AvgIpc) is 2.40. The van der Waals surface area contributed by atoms with Gasteiger partial charge in [0.05, 0.1) is 6.04 Å². The average molecular weight is 341 g/mol.